The molecule has 1 saturated carbocycles. The van der Waals surface area contributed by atoms with Crippen LogP contribution in [0.15, 0.2) is 18.2 Å². The molecule has 1 aliphatic rings. The summed E-state index contributed by atoms with van der Waals surface area (Å²) in [4.78, 5) is 0. The van der Waals surface area contributed by atoms with Crippen LogP contribution in [0.2, 0.25) is 0 Å². The molecule has 3 heteroatoms. The molecule has 0 aliphatic heterocycles. The summed E-state index contributed by atoms with van der Waals surface area (Å²) in [6.45, 7) is 9.26. The minimum absolute atomic E-state index is 0.359. The molecule has 1 aromatic rings. The Bertz CT molecular complexity index is 410. The van der Waals surface area contributed by atoms with Gasteiger partial charge in [-0.05, 0) is 51.6 Å². The lowest BCUT2D eigenvalue weighted by Gasteiger charge is -2.10. The lowest BCUT2D eigenvalue weighted by Crippen LogP contribution is -2.11. The maximum Gasteiger partial charge on any atom is 0.0479 e. The van der Waals surface area contributed by atoms with Gasteiger partial charge in [-0.25, -0.2) is 0 Å². The summed E-state index contributed by atoms with van der Waals surface area (Å²) in [5.41, 5.74) is 8.48. The highest BCUT2D eigenvalue weighted by atomic mass is 127. The second-order valence-corrected chi connectivity index (χ2v) is 6.92. The van der Waals surface area contributed by atoms with E-state index in [1.54, 1.807) is 0 Å². The third-order valence-electron chi connectivity index (χ3n) is 4.31. The third kappa shape index (κ3) is 1.69. The summed E-state index contributed by atoms with van der Waals surface area (Å²) in [5, 5.41) is 3.63. The van der Waals surface area contributed by atoms with Crippen LogP contribution in [-0.4, -0.2) is 6.04 Å². The van der Waals surface area contributed by atoms with Gasteiger partial charge in [0.1, 0.15) is 0 Å². The Morgan fingerprint density at radius 1 is 1.19 bits per heavy atom. The van der Waals surface area contributed by atoms with Crippen molar-refractivity contribution in [1.29, 1.82) is 0 Å². The number of nitrogens with two attached hydrogens (primary N) is 1. The fourth-order valence-corrected chi connectivity index (χ4v) is 3.06. The Morgan fingerprint density at radius 2 is 1.75 bits per heavy atom. The van der Waals surface area contributed by atoms with Crippen molar-refractivity contribution in [3.05, 3.63) is 21.8 Å². The van der Waals surface area contributed by atoms with E-state index in [-0.39, 0.29) is 0 Å². The molecule has 1 aromatic carbocycles. The van der Waals surface area contributed by atoms with Crippen molar-refractivity contribution >= 4 is 34.0 Å². The zero-order valence-corrected chi connectivity index (χ0v) is 12.4. The highest BCUT2D eigenvalue weighted by molar-refractivity contribution is 14.1. The average Bonchev–Trinajstić information content (AvgIpc) is 2.52. The minimum Gasteiger partial charge on any atom is -0.399 e. The van der Waals surface area contributed by atoms with Gasteiger partial charge in [-0.15, -0.1) is 0 Å². The Morgan fingerprint density at radius 3 is 2.19 bits per heavy atom. The molecule has 0 radical (unpaired) electrons. The van der Waals surface area contributed by atoms with Gasteiger partial charge >= 0.3 is 0 Å². The molecule has 16 heavy (non-hydrogen) atoms. The molecule has 0 unspecified atom stereocenters. The molecule has 0 aromatic heterocycles. The predicted molar refractivity (Wildman–Crippen MR) is 78.5 cm³/mol. The van der Waals surface area contributed by atoms with Gasteiger partial charge in [0.15, 0.2) is 0 Å². The number of anilines is 2. The molecule has 1 fully saturated rings. The zero-order valence-electron chi connectivity index (χ0n) is 10.3. The second kappa shape index (κ2) is 3.52. The molecule has 0 spiro atoms. The monoisotopic (exact) mass is 330 g/mol. The number of nitrogen functional groups attached to an aromatic ring is 1. The van der Waals surface area contributed by atoms with E-state index in [1.165, 1.54) is 9.26 Å². The molecule has 0 atom stereocenters. The molecule has 2 nitrogen and oxygen atoms in total. The van der Waals surface area contributed by atoms with Crippen LogP contribution in [0.5, 0.6) is 0 Å². The van der Waals surface area contributed by atoms with E-state index in [4.69, 9.17) is 5.73 Å². The summed E-state index contributed by atoms with van der Waals surface area (Å²) in [6, 6.07) is 6.57. The number of hydrogen-bond acceptors (Lipinski definition) is 2. The van der Waals surface area contributed by atoms with Crippen molar-refractivity contribution in [2.24, 2.45) is 10.8 Å². The highest BCUT2D eigenvalue weighted by Crippen LogP contribution is 2.63. The van der Waals surface area contributed by atoms with Crippen LogP contribution < -0.4 is 11.1 Å². The van der Waals surface area contributed by atoms with E-state index < -0.39 is 0 Å². The lowest BCUT2D eigenvalue weighted by atomic mass is 10.0. The first-order chi connectivity index (χ1) is 7.26. The predicted octanol–water partition coefficient (Wildman–Crippen LogP) is 3.72. The second-order valence-electron chi connectivity index (χ2n) is 5.76. The number of halogens is 1. The fourth-order valence-electron chi connectivity index (χ4n) is 2.36. The van der Waals surface area contributed by atoms with Gasteiger partial charge in [0.05, 0.1) is 0 Å². The number of nitrogens with one attached hydrogen (secondary N) is 1. The van der Waals surface area contributed by atoms with Crippen LogP contribution in [0.25, 0.3) is 0 Å². The van der Waals surface area contributed by atoms with Gasteiger partial charge in [-0.1, -0.05) is 27.7 Å². The van der Waals surface area contributed by atoms with E-state index in [0.29, 0.717) is 16.9 Å². The van der Waals surface area contributed by atoms with Crippen LogP contribution in [0.1, 0.15) is 27.7 Å². The molecular weight excluding hydrogens is 311 g/mol. The largest absolute Gasteiger partial charge is 0.399 e. The van der Waals surface area contributed by atoms with Gasteiger partial charge in [-0.2, -0.15) is 0 Å². The van der Waals surface area contributed by atoms with E-state index in [0.717, 1.165) is 5.69 Å². The summed E-state index contributed by atoms with van der Waals surface area (Å²) in [6.07, 6.45) is 0. The summed E-state index contributed by atoms with van der Waals surface area (Å²) < 4.78 is 1.19. The molecule has 1 aliphatic carbocycles. The van der Waals surface area contributed by atoms with Gasteiger partial charge in [0.25, 0.3) is 0 Å². The minimum atomic E-state index is 0.359. The van der Waals surface area contributed by atoms with Gasteiger partial charge < -0.3 is 11.1 Å². The standard InChI is InChI=1S/C13H19IN2/c1-12(2)11(13(12,3)4)16-10-6-5-8(15)7-9(10)14/h5-7,11,16H,15H2,1-4H3. The van der Waals surface area contributed by atoms with Crippen molar-refractivity contribution < 1.29 is 0 Å². The average molecular weight is 330 g/mol. The maximum atomic E-state index is 5.75. The molecule has 2 rings (SSSR count). The smallest absolute Gasteiger partial charge is 0.0479 e. The van der Waals surface area contributed by atoms with Crippen molar-refractivity contribution in [2.45, 2.75) is 33.7 Å². The van der Waals surface area contributed by atoms with Crippen LogP contribution in [0.4, 0.5) is 11.4 Å². The van der Waals surface area contributed by atoms with Crippen LogP contribution in [0.3, 0.4) is 0 Å². The Labute approximate surface area is 111 Å². The van der Waals surface area contributed by atoms with Crippen LogP contribution in [0, 0.1) is 14.4 Å². The summed E-state index contributed by atoms with van der Waals surface area (Å²) in [5.74, 6) is 0. The Balaban J connectivity index is 2.18. The Hall–Kier alpha value is -0.450. The first kappa shape index (κ1) is 12.0. The van der Waals surface area contributed by atoms with Crippen LogP contribution in [-0.2, 0) is 0 Å². The highest BCUT2D eigenvalue weighted by Gasteiger charge is 2.64. The first-order valence-corrected chi connectivity index (χ1v) is 6.66. The third-order valence-corrected chi connectivity index (χ3v) is 5.21. The molecule has 0 heterocycles. The van der Waals surface area contributed by atoms with Crippen molar-refractivity contribution in [2.75, 3.05) is 11.1 Å². The molecule has 88 valence electrons. The SMILES string of the molecule is CC1(C)C(Nc2ccc(N)cc2I)C1(C)C. The van der Waals surface area contributed by atoms with E-state index >= 15 is 0 Å². The first-order valence-electron chi connectivity index (χ1n) is 5.58. The Kier molecular flexibility index (Phi) is 2.64. The fraction of sp³-hybridized carbons (Fsp3) is 0.538. The normalized spacial score (nSPS) is 21.8. The van der Waals surface area contributed by atoms with Gasteiger partial charge in [0.2, 0.25) is 0 Å². The molecule has 0 amide bonds. The number of rotatable bonds is 2. The topological polar surface area (TPSA) is 38.0 Å². The van der Waals surface area contributed by atoms with Gasteiger partial charge in [-0.3, -0.25) is 0 Å². The summed E-state index contributed by atoms with van der Waals surface area (Å²) in [7, 11) is 0. The molecule has 0 saturated heterocycles. The maximum absolute atomic E-state index is 5.75. The molecular formula is C13H19IN2. The lowest BCUT2D eigenvalue weighted by molar-refractivity contribution is 0.457. The van der Waals surface area contributed by atoms with E-state index in [1.807, 2.05) is 12.1 Å². The van der Waals surface area contributed by atoms with Crippen molar-refractivity contribution in [1.82, 2.24) is 0 Å². The quantitative estimate of drug-likeness (QED) is 0.641. The van der Waals surface area contributed by atoms with Crippen molar-refractivity contribution in [3.8, 4) is 0 Å². The van der Waals surface area contributed by atoms with E-state index in [9.17, 15) is 0 Å². The van der Waals surface area contributed by atoms with Gasteiger partial charge in [0, 0.05) is 21.0 Å². The zero-order chi connectivity index (χ0) is 12.1. The number of hydrogen-bond donors (Lipinski definition) is 2. The van der Waals surface area contributed by atoms with Crippen LogP contribution >= 0.6 is 22.6 Å². The molecule has 0 bridgehead atoms. The van der Waals surface area contributed by atoms with Crippen molar-refractivity contribution in [3.63, 3.8) is 0 Å². The molecule has 3 N–H and O–H groups in total. The summed E-state index contributed by atoms with van der Waals surface area (Å²) >= 11 is 2.33. The van der Waals surface area contributed by atoms with E-state index in [2.05, 4.69) is 61.7 Å². The number of benzene rings is 1.